The van der Waals surface area contributed by atoms with Crippen molar-refractivity contribution in [3.8, 4) is 17.2 Å². The van der Waals surface area contributed by atoms with Gasteiger partial charge in [-0.05, 0) is 37.8 Å². The van der Waals surface area contributed by atoms with Crippen LogP contribution < -0.4 is 19.9 Å². The lowest BCUT2D eigenvalue weighted by molar-refractivity contribution is 0.0708. The molecule has 1 saturated carbocycles. The lowest BCUT2D eigenvalue weighted by Gasteiger charge is -2.32. The maximum Gasteiger partial charge on any atom is 0.345 e. The molecule has 1 aliphatic heterocycles. The number of rotatable bonds is 6. The Morgan fingerprint density at radius 1 is 0.969 bits per heavy atom. The number of hydrogen-bond acceptors (Lipinski definition) is 6. The quantitative estimate of drug-likeness (QED) is 0.681. The molecule has 32 heavy (non-hydrogen) atoms. The SMILES string of the molecule is COc1cc(C(=O)N2CCC(c3nn(C)c(=O)n3C3CCCC3)CC2)cc(OC)c1OC. The van der Waals surface area contributed by atoms with Crippen molar-refractivity contribution in [1.29, 1.82) is 0 Å². The summed E-state index contributed by atoms with van der Waals surface area (Å²) >= 11 is 0. The number of aryl methyl sites for hydroxylation is 1. The fourth-order valence-corrected chi connectivity index (χ4v) is 5.01. The molecule has 1 saturated heterocycles. The number of benzene rings is 1. The number of methoxy groups -OCH3 is 3. The monoisotopic (exact) mass is 444 g/mol. The van der Waals surface area contributed by atoms with Gasteiger partial charge in [-0.25, -0.2) is 9.48 Å². The van der Waals surface area contributed by atoms with Crippen molar-refractivity contribution >= 4 is 5.91 Å². The van der Waals surface area contributed by atoms with E-state index < -0.39 is 0 Å². The number of amides is 1. The van der Waals surface area contributed by atoms with Crippen molar-refractivity contribution in [2.45, 2.75) is 50.5 Å². The average Bonchev–Trinajstić information content (AvgIpc) is 3.45. The molecule has 1 aromatic heterocycles. The Kier molecular flexibility index (Phi) is 6.43. The molecule has 0 bridgehead atoms. The number of ether oxygens (including phenoxy) is 3. The fraction of sp³-hybridized carbons (Fsp3) is 0.609. The second-order valence-corrected chi connectivity index (χ2v) is 8.55. The van der Waals surface area contributed by atoms with Crippen LogP contribution in [0.2, 0.25) is 0 Å². The minimum atomic E-state index is -0.0723. The Bertz CT molecular complexity index is 1000. The zero-order valence-corrected chi connectivity index (χ0v) is 19.3. The third-order valence-corrected chi connectivity index (χ3v) is 6.73. The summed E-state index contributed by atoms with van der Waals surface area (Å²) in [6.07, 6.45) is 5.95. The van der Waals surface area contributed by atoms with E-state index in [9.17, 15) is 9.59 Å². The zero-order chi connectivity index (χ0) is 22.8. The predicted octanol–water partition coefficient (Wildman–Crippen LogP) is 2.74. The highest BCUT2D eigenvalue weighted by molar-refractivity contribution is 5.95. The van der Waals surface area contributed by atoms with E-state index in [0.717, 1.165) is 44.3 Å². The summed E-state index contributed by atoms with van der Waals surface area (Å²) in [5, 5.41) is 4.59. The molecule has 0 spiro atoms. The first-order chi connectivity index (χ1) is 15.5. The van der Waals surface area contributed by atoms with E-state index in [1.54, 1.807) is 19.2 Å². The van der Waals surface area contributed by atoms with Gasteiger partial charge in [0, 0.05) is 37.7 Å². The minimum Gasteiger partial charge on any atom is -0.493 e. The summed E-state index contributed by atoms with van der Waals surface area (Å²) in [6, 6.07) is 3.63. The Hall–Kier alpha value is -2.97. The Morgan fingerprint density at radius 2 is 1.56 bits per heavy atom. The lowest BCUT2D eigenvalue weighted by Crippen LogP contribution is -2.38. The van der Waals surface area contributed by atoms with Crippen molar-refractivity contribution < 1.29 is 19.0 Å². The number of hydrogen-bond donors (Lipinski definition) is 0. The number of likely N-dealkylation sites (tertiary alicyclic amines) is 1. The number of piperidine rings is 1. The average molecular weight is 445 g/mol. The van der Waals surface area contributed by atoms with Crippen LogP contribution in [0.4, 0.5) is 0 Å². The maximum atomic E-state index is 13.2. The first-order valence-electron chi connectivity index (χ1n) is 11.2. The van der Waals surface area contributed by atoms with Crippen LogP contribution in [0.5, 0.6) is 17.2 Å². The van der Waals surface area contributed by atoms with Gasteiger partial charge in [-0.15, -0.1) is 0 Å². The molecule has 1 aromatic carbocycles. The van der Waals surface area contributed by atoms with Gasteiger partial charge in [0.25, 0.3) is 5.91 Å². The number of nitrogens with zero attached hydrogens (tertiary/aromatic N) is 4. The number of aromatic nitrogens is 3. The molecule has 2 aromatic rings. The van der Waals surface area contributed by atoms with E-state index in [4.69, 9.17) is 14.2 Å². The molecular weight excluding hydrogens is 412 g/mol. The van der Waals surface area contributed by atoms with Gasteiger partial charge in [0.1, 0.15) is 5.82 Å². The predicted molar refractivity (Wildman–Crippen MR) is 119 cm³/mol. The van der Waals surface area contributed by atoms with Crippen molar-refractivity contribution in [2.24, 2.45) is 7.05 Å². The molecule has 2 aliphatic rings. The summed E-state index contributed by atoms with van der Waals surface area (Å²) in [7, 11) is 6.33. The van der Waals surface area contributed by atoms with Gasteiger partial charge in [-0.1, -0.05) is 12.8 Å². The topological polar surface area (TPSA) is 87.8 Å². The molecule has 0 unspecified atom stereocenters. The molecule has 2 fully saturated rings. The van der Waals surface area contributed by atoms with E-state index in [1.807, 2.05) is 9.47 Å². The third-order valence-electron chi connectivity index (χ3n) is 6.73. The second-order valence-electron chi connectivity index (χ2n) is 8.55. The van der Waals surface area contributed by atoms with Crippen LogP contribution in [0, 0.1) is 0 Å². The number of carbonyl (C=O) groups excluding carboxylic acids is 1. The molecule has 9 nitrogen and oxygen atoms in total. The highest BCUT2D eigenvalue weighted by Crippen LogP contribution is 2.39. The molecule has 0 atom stereocenters. The van der Waals surface area contributed by atoms with Crippen LogP contribution >= 0.6 is 0 Å². The van der Waals surface area contributed by atoms with Gasteiger partial charge in [0.15, 0.2) is 11.5 Å². The lowest BCUT2D eigenvalue weighted by atomic mass is 9.95. The molecule has 0 N–H and O–H groups in total. The maximum absolute atomic E-state index is 13.2. The van der Waals surface area contributed by atoms with E-state index in [0.29, 0.717) is 35.9 Å². The van der Waals surface area contributed by atoms with Crippen molar-refractivity contribution in [3.63, 3.8) is 0 Å². The highest BCUT2D eigenvalue weighted by Gasteiger charge is 2.32. The van der Waals surface area contributed by atoms with Crippen LogP contribution in [0.25, 0.3) is 0 Å². The van der Waals surface area contributed by atoms with Crippen LogP contribution in [0.3, 0.4) is 0 Å². The van der Waals surface area contributed by atoms with E-state index in [2.05, 4.69) is 5.10 Å². The van der Waals surface area contributed by atoms with Gasteiger partial charge in [-0.2, -0.15) is 5.10 Å². The van der Waals surface area contributed by atoms with Crippen molar-refractivity contribution in [2.75, 3.05) is 34.4 Å². The van der Waals surface area contributed by atoms with Gasteiger partial charge < -0.3 is 19.1 Å². The second kappa shape index (κ2) is 9.26. The van der Waals surface area contributed by atoms with Crippen LogP contribution in [0.1, 0.15) is 66.7 Å². The first-order valence-corrected chi connectivity index (χ1v) is 11.2. The Labute approximate surface area is 187 Å². The summed E-state index contributed by atoms with van der Waals surface area (Å²) in [4.78, 5) is 27.8. The van der Waals surface area contributed by atoms with Gasteiger partial charge in [0.05, 0.1) is 21.3 Å². The molecule has 1 amide bonds. The standard InChI is InChI=1S/C23H32N4O5/c1-25-23(29)27(17-7-5-6-8-17)21(24-25)15-9-11-26(12-10-15)22(28)16-13-18(30-2)20(32-4)19(14-16)31-3/h13-15,17H,5-12H2,1-4H3. The smallest absolute Gasteiger partial charge is 0.345 e. The van der Waals surface area contributed by atoms with Gasteiger partial charge in [-0.3, -0.25) is 9.36 Å². The molecule has 4 rings (SSSR count). The Balaban J connectivity index is 1.51. The minimum absolute atomic E-state index is 0.0252. The molecule has 0 radical (unpaired) electrons. The fourth-order valence-electron chi connectivity index (χ4n) is 5.01. The molecule has 1 aliphatic carbocycles. The zero-order valence-electron chi connectivity index (χ0n) is 19.3. The number of carbonyl (C=O) groups is 1. The van der Waals surface area contributed by atoms with Gasteiger partial charge >= 0.3 is 5.69 Å². The molecule has 9 heteroatoms. The van der Waals surface area contributed by atoms with Crippen LogP contribution in [-0.4, -0.2) is 59.6 Å². The highest BCUT2D eigenvalue weighted by atomic mass is 16.5. The van der Waals surface area contributed by atoms with Crippen molar-refractivity contribution in [1.82, 2.24) is 19.2 Å². The third kappa shape index (κ3) is 3.96. The largest absolute Gasteiger partial charge is 0.493 e. The summed E-state index contributed by atoms with van der Waals surface area (Å²) in [5.41, 5.74) is 0.474. The molecule has 2 heterocycles. The molecule has 174 valence electrons. The Morgan fingerprint density at radius 3 is 2.09 bits per heavy atom. The summed E-state index contributed by atoms with van der Waals surface area (Å²) < 4.78 is 19.5. The van der Waals surface area contributed by atoms with Crippen LogP contribution in [0.15, 0.2) is 16.9 Å². The van der Waals surface area contributed by atoms with Crippen molar-refractivity contribution in [3.05, 3.63) is 34.0 Å². The normalized spacial score (nSPS) is 17.6. The summed E-state index contributed by atoms with van der Waals surface area (Å²) in [6.45, 7) is 1.21. The first kappa shape index (κ1) is 22.2. The van der Waals surface area contributed by atoms with Crippen LogP contribution in [-0.2, 0) is 7.05 Å². The van der Waals surface area contributed by atoms with E-state index in [1.165, 1.54) is 26.0 Å². The molecular formula is C23H32N4O5. The summed E-state index contributed by atoms with van der Waals surface area (Å²) in [5.74, 6) is 2.36. The van der Waals surface area contributed by atoms with Gasteiger partial charge in [0.2, 0.25) is 5.75 Å². The van der Waals surface area contributed by atoms with E-state index in [-0.39, 0.29) is 23.6 Å². The van der Waals surface area contributed by atoms with E-state index >= 15 is 0 Å².